The fourth-order valence-electron chi connectivity index (χ4n) is 1.39. The molecule has 19 heavy (non-hydrogen) atoms. The van der Waals surface area contributed by atoms with E-state index in [0.717, 1.165) is 5.03 Å². The maximum atomic E-state index is 11.9. The van der Waals surface area contributed by atoms with E-state index in [4.69, 9.17) is 16.3 Å². The van der Waals surface area contributed by atoms with Gasteiger partial charge in [0, 0.05) is 24.2 Å². The summed E-state index contributed by atoms with van der Waals surface area (Å²) in [5.74, 6) is -0.405. The van der Waals surface area contributed by atoms with Gasteiger partial charge in [0.15, 0.2) is 0 Å². The molecule has 0 aliphatic carbocycles. The third kappa shape index (κ3) is 3.68. The Balaban J connectivity index is 2.03. The van der Waals surface area contributed by atoms with E-state index in [2.05, 4.69) is 9.97 Å². The summed E-state index contributed by atoms with van der Waals surface area (Å²) in [6.45, 7) is 0.0996. The van der Waals surface area contributed by atoms with Crippen LogP contribution in [0, 0.1) is 0 Å². The molecule has 0 fully saturated rings. The lowest BCUT2D eigenvalue weighted by molar-refractivity contribution is 0.0472. The van der Waals surface area contributed by atoms with Crippen LogP contribution in [0.5, 0.6) is 0 Å². The second-order valence-electron chi connectivity index (χ2n) is 3.63. The van der Waals surface area contributed by atoms with Gasteiger partial charge in [0.2, 0.25) is 0 Å². The molecule has 0 N–H and O–H groups in total. The van der Waals surface area contributed by atoms with Crippen LogP contribution in [0.1, 0.15) is 15.9 Å². The number of carbonyl (C=O) groups is 1. The van der Waals surface area contributed by atoms with Gasteiger partial charge in [0.1, 0.15) is 6.61 Å². The fourth-order valence-corrected chi connectivity index (χ4v) is 1.96. The zero-order valence-electron chi connectivity index (χ0n) is 10.2. The van der Waals surface area contributed by atoms with Crippen molar-refractivity contribution >= 4 is 29.3 Å². The zero-order chi connectivity index (χ0) is 13.7. The molecule has 2 aromatic heterocycles. The van der Waals surface area contributed by atoms with Crippen molar-refractivity contribution in [2.24, 2.45) is 0 Å². The summed E-state index contributed by atoms with van der Waals surface area (Å²) in [6, 6.07) is 4.97. The number of esters is 1. The van der Waals surface area contributed by atoms with Crippen LogP contribution in [0.25, 0.3) is 0 Å². The van der Waals surface area contributed by atoms with Gasteiger partial charge in [-0.2, -0.15) is 0 Å². The van der Waals surface area contributed by atoms with Crippen molar-refractivity contribution in [1.29, 1.82) is 0 Å². The first-order valence-electron chi connectivity index (χ1n) is 5.46. The van der Waals surface area contributed by atoms with Gasteiger partial charge in [-0.15, -0.1) is 11.8 Å². The van der Waals surface area contributed by atoms with E-state index in [0.29, 0.717) is 16.1 Å². The van der Waals surface area contributed by atoms with Crippen molar-refractivity contribution in [2.45, 2.75) is 11.6 Å². The van der Waals surface area contributed by atoms with E-state index in [-0.39, 0.29) is 6.61 Å². The highest BCUT2D eigenvalue weighted by Crippen LogP contribution is 2.16. The highest BCUT2D eigenvalue weighted by atomic mass is 35.5. The number of ether oxygens (including phenoxy) is 1. The molecule has 0 amide bonds. The van der Waals surface area contributed by atoms with Crippen molar-refractivity contribution in [3.63, 3.8) is 0 Å². The molecule has 0 aliphatic rings. The minimum atomic E-state index is -0.405. The molecule has 4 nitrogen and oxygen atoms in total. The number of carbonyl (C=O) groups excluding carboxylic acids is 1. The van der Waals surface area contributed by atoms with Crippen LogP contribution >= 0.6 is 23.4 Å². The Kier molecular flexibility index (Phi) is 4.76. The van der Waals surface area contributed by atoms with E-state index in [1.165, 1.54) is 11.8 Å². The Labute approximate surface area is 120 Å². The first-order valence-corrected chi connectivity index (χ1v) is 7.06. The van der Waals surface area contributed by atoms with E-state index in [1.807, 2.05) is 6.26 Å². The third-order valence-electron chi connectivity index (χ3n) is 2.38. The van der Waals surface area contributed by atoms with Crippen molar-refractivity contribution < 1.29 is 9.53 Å². The van der Waals surface area contributed by atoms with Crippen LogP contribution in [0.2, 0.25) is 5.02 Å². The molecular weight excluding hydrogens is 284 g/mol. The predicted molar refractivity (Wildman–Crippen MR) is 74.4 cm³/mol. The lowest BCUT2D eigenvalue weighted by atomic mass is 10.2. The quantitative estimate of drug-likeness (QED) is 0.640. The second-order valence-corrected chi connectivity index (χ2v) is 4.86. The largest absolute Gasteiger partial charge is 0.457 e. The average molecular weight is 295 g/mol. The minimum Gasteiger partial charge on any atom is -0.457 e. The van der Waals surface area contributed by atoms with Gasteiger partial charge in [-0.25, -0.2) is 9.78 Å². The van der Waals surface area contributed by atoms with Crippen LogP contribution < -0.4 is 0 Å². The summed E-state index contributed by atoms with van der Waals surface area (Å²) in [6.07, 6.45) is 6.64. The van der Waals surface area contributed by atoms with Gasteiger partial charge in [0.05, 0.1) is 15.6 Å². The van der Waals surface area contributed by atoms with Crippen molar-refractivity contribution in [3.8, 4) is 0 Å². The standard InChI is InChI=1S/C13H11ClN2O2S/c1-19-12-6-9(2-5-16-12)13(17)18-8-10-7-15-4-3-11(10)14/h2-7H,8H2,1H3. The molecule has 2 heterocycles. The number of hydrogen-bond donors (Lipinski definition) is 0. The third-order valence-corrected chi connectivity index (χ3v) is 3.39. The molecule has 98 valence electrons. The van der Waals surface area contributed by atoms with Gasteiger partial charge in [0.25, 0.3) is 0 Å². The van der Waals surface area contributed by atoms with Gasteiger partial charge in [-0.3, -0.25) is 4.98 Å². The first kappa shape index (κ1) is 13.8. The van der Waals surface area contributed by atoms with Gasteiger partial charge in [-0.1, -0.05) is 11.6 Å². The lowest BCUT2D eigenvalue weighted by Crippen LogP contribution is -2.06. The highest BCUT2D eigenvalue weighted by Gasteiger charge is 2.09. The van der Waals surface area contributed by atoms with Crippen LogP contribution in [0.15, 0.2) is 41.8 Å². The Morgan fingerprint density at radius 3 is 3.00 bits per heavy atom. The molecule has 0 spiro atoms. The first-order chi connectivity index (χ1) is 9.20. The predicted octanol–water partition coefficient (Wildman–Crippen LogP) is 3.21. The molecule has 6 heteroatoms. The van der Waals surface area contributed by atoms with Crippen LogP contribution in [-0.2, 0) is 11.3 Å². The molecule has 0 unspecified atom stereocenters. The molecule has 2 aromatic rings. The van der Waals surface area contributed by atoms with Gasteiger partial charge in [-0.05, 0) is 24.5 Å². The monoisotopic (exact) mass is 294 g/mol. The summed E-state index contributed by atoms with van der Waals surface area (Å²) in [5, 5.41) is 1.30. The van der Waals surface area contributed by atoms with Crippen LogP contribution in [-0.4, -0.2) is 22.2 Å². The topological polar surface area (TPSA) is 52.1 Å². The summed E-state index contributed by atoms with van der Waals surface area (Å²) in [5.41, 5.74) is 1.15. The van der Waals surface area contributed by atoms with E-state index < -0.39 is 5.97 Å². The van der Waals surface area contributed by atoms with Crippen LogP contribution in [0.3, 0.4) is 0 Å². The number of pyridine rings is 2. The smallest absolute Gasteiger partial charge is 0.338 e. The van der Waals surface area contributed by atoms with Crippen molar-refractivity contribution in [2.75, 3.05) is 6.26 Å². The maximum absolute atomic E-state index is 11.9. The molecule has 0 saturated heterocycles. The summed E-state index contributed by atoms with van der Waals surface area (Å²) in [4.78, 5) is 19.9. The zero-order valence-corrected chi connectivity index (χ0v) is 11.7. The Morgan fingerprint density at radius 1 is 1.42 bits per heavy atom. The van der Waals surface area contributed by atoms with Crippen LogP contribution in [0.4, 0.5) is 0 Å². The average Bonchev–Trinajstić information content (AvgIpc) is 2.46. The summed E-state index contributed by atoms with van der Waals surface area (Å²) < 4.78 is 5.19. The molecule has 0 saturated carbocycles. The SMILES string of the molecule is CSc1cc(C(=O)OCc2cnccc2Cl)ccn1. The number of hydrogen-bond acceptors (Lipinski definition) is 5. The van der Waals surface area contributed by atoms with Gasteiger partial charge < -0.3 is 4.74 Å². The minimum absolute atomic E-state index is 0.0996. The van der Waals surface area contributed by atoms with Crippen molar-refractivity contribution in [1.82, 2.24) is 9.97 Å². The molecule has 0 aliphatic heterocycles. The van der Waals surface area contributed by atoms with E-state index in [1.54, 1.807) is 36.8 Å². The molecule has 0 bridgehead atoms. The van der Waals surface area contributed by atoms with Gasteiger partial charge >= 0.3 is 5.97 Å². The molecular formula is C13H11ClN2O2S. The molecule has 0 radical (unpaired) electrons. The summed E-state index contributed by atoms with van der Waals surface area (Å²) in [7, 11) is 0. The molecule has 0 aromatic carbocycles. The number of halogens is 1. The number of aromatic nitrogens is 2. The second kappa shape index (κ2) is 6.54. The maximum Gasteiger partial charge on any atom is 0.338 e. The van der Waals surface area contributed by atoms with Crippen molar-refractivity contribution in [3.05, 3.63) is 52.9 Å². The molecule has 2 rings (SSSR count). The van der Waals surface area contributed by atoms with E-state index in [9.17, 15) is 4.79 Å². The Bertz CT molecular complexity index is 592. The normalized spacial score (nSPS) is 10.2. The number of rotatable bonds is 4. The summed E-state index contributed by atoms with van der Waals surface area (Å²) >= 11 is 7.42. The Morgan fingerprint density at radius 2 is 2.26 bits per heavy atom. The highest BCUT2D eigenvalue weighted by molar-refractivity contribution is 7.98. The number of nitrogens with zero attached hydrogens (tertiary/aromatic N) is 2. The Hall–Kier alpha value is -1.59. The lowest BCUT2D eigenvalue weighted by Gasteiger charge is -2.06. The fraction of sp³-hybridized carbons (Fsp3) is 0.154. The molecule has 0 atom stereocenters. The van der Waals surface area contributed by atoms with E-state index >= 15 is 0 Å². The number of thioether (sulfide) groups is 1.